The average molecular weight is 698 g/mol. The third-order valence-corrected chi connectivity index (χ3v) is 11.9. The first-order valence-electron chi connectivity index (χ1n) is 17.1. The molecule has 242 valence electrons. The van der Waals surface area contributed by atoms with Gasteiger partial charge in [0.05, 0.1) is 32.1 Å². The van der Waals surface area contributed by atoms with Gasteiger partial charge in [0.1, 0.15) is 10.0 Å². The zero-order valence-electron chi connectivity index (χ0n) is 27.7. The number of nitriles is 1. The summed E-state index contributed by atoms with van der Waals surface area (Å²) >= 11 is 3.47. The molecule has 0 aliphatic rings. The lowest BCUT2D eigenvalue weighted by Gasteiger charge is -2.16. The average Bonchev–Trinajstić information content (AvgIpc) is 3.85. The summed E-state index contributed by atoms with van der Waals surface area (Å²) in [6, 6.07) is 60.0. The molecule has 2 aromatic heterocycles. The number of thiazole rings is 2. The SMILES string of the molecule is N#Cc1ccc(-c2cc(-c3ccc(-c4nc5ccccc5s4)c4ccccc34)cc(-c3ccc(-c4nc5ccccc5s4)c4ccccc34)c2)cc1. The maximum Gasteiger partial charge on any atom is 0.125 e. The number of aromatic nitrogens is 2. The minimum absolute atomic E-state index is 0.646. The molecule has 10 aromatic rings. The van der Waals surface area contributed by atoms with Crippen LogP contribution in [0.25, 0.3) is 96.5 Å². The Hall–Kier alpha value is -6.45. The van der Waals surface area contributed by atoms with E-state index in [-0.39, 0.29) is 0 Å². The minimum Gasteiger partial charge on any atom is -0.236 e. The van der Waals surface area contributed by atoms with Crippen LogP contribution in [-0.4, -0.2) is 9.97 Å². The van der Waals surface area contributed by atoms with Gasteiger partial charge in [-0.25, -0.2) is 9.97 Å². The van der Waals surface area contributed by atoms with Gasteiger partial charge in [0.25, 0.3) is 0 Å². The van der Waals surface area contributed by atoms with Crippen molar-refractivity contribution < 1.29 is 0 Å². The third kappa shape index (κ3) is 5.17. The number of nitrogens with zero attached hydrogens (tertiary/aromatic N) is 3. The molecular formula is C47H27N3S2. The lowest BCUT2D eigenvalue weighted by molar-refractivity contribution is 1.48. The molecule has 0 saturated heterocycles. The predicted molar refractivity (Wildman–Crippen MR) is 220 cm³/mol. The highest BCUT2D eigenvalue weighted by Crippen LogP contribution is 2.43. The van der Waals surface area contributed by atoms with Gasteiger partial charge in [0.15, 0.2) is 0 Å². The number of para-hydroxylation sites is 2. The summed E-state index contributed by atoms with van der Waals surface area (Å²) < 4.78 is 2.37. The topological polar surface area (TPSA) is 49.6 Å². The molecular weight excluding hydrogens is 671 g/mol. The van der Waals surface area contributed by atoms with Crippen LogP contribution in [-0.2, 0) is 0 Å². The molecule has 8 aromatic carbocycles. The fourth-order valence-electron chi connectivity index (χ4n) is 7.29. The summed E-state index contributed by atoms with van der Waals surface area (Å²) in [6.07, 6.45) is 0. The number of rotatable bonds is 5. The van der Waals surface area contributed by atoms with Crippen LogP contribution in [0.3, 0.4) is 0 Å². The van der Waals surface area contributed by atoms with E-state index in [1.54, 1.807) is 22.7 Å². The first-order valence-corrected chi connectivity index (χ1v) is 18.8. The zero-order valence-corrected chi connectivity index (χ0v) is 29.4. The molecule has 52 heavy (non-hydrogen) atoms. The highest BCUT2D eigenvalue weighted by atomic mass is 32.1. The summed E-state index contributed by atoms with van der Waals surface area (Å²) in [6.45, 7) is 0. The molecule has 0 aliphatic heterocycles. The highest BCUT2D eigenvalue weighted by molar-refractivity contribution is 7.22. The highest BCUT2D eigenvalue weighted by Gasteiger charge is 2.17. The molecule has 0 saturated carbocycles. The number of hydrogen-bond acceptors (Lipinski definition) is 5. The van der Waals surface area contributed by atoms with Crippen LogP contribution in [0.5, 0.6) is 0 Å². The summed E-state index contributed by atoms with van der Waals surface area (Å²) in [4.78, 5) is 10.0. The summed E-state index contributed by atoms with van der Waals surface area (Å²) in [7, 11) is 0. The summed E-state index contributed by atoms with van der Waals surface area (Å²) in [5.74, 6) is 0. The van der Waals surface area contributed by atoms with Crippen molar-refractivity contribution in [2.45, 2.75) is 0 Å². The number of fused-ring (bicyclic) bond motifs is 4. The van der Waals surface area contributed by atoms with Crippen molar-refractivity contribution in [3.63, 3.8) is 0 Å². The largest absolute Gasteiger partial charge is 0.236 e. The van der Waals surface area contributed by atoms with Crippen molar-refractivity contribution in [1.29, 1.82) is 5.26 Å². The van der Waals surface area contributed by atoms with Crippen LogP contribution >= 0.6 is 22.7 Å². The summed E-state index contributed by atoms with van der Waals surface area (Å²) in [5, 5.41) is 16.3. The van der Waals surface area contributed by atoms with E-state index >= 15 is 0 Å². The van der Waals surface area contributed by atoms with Crippen LogP contribution in [0.1, 0.15) is 5.56 Å². The van der Waals surface area contributed by atoms with Crippen molar-refractivity contribution in [3.05, 3.63) is 169 Å². The fraction of sp³-hybridized carbons (Fsp3) is 0. The molecule has 10 rings (SSSR count). The van der Waals surface area contributed by atoms with Gasteiger partial charge in [-0.1, -0.05) is 109 Å². The maximum absolute atomic E-state index is 9.52. The van der Waals surface area contributed by atoms with E-state index in [9.17, 15) is 5.26 Å². The Morgan fingerprint density at radius 2 is 0.788 bits per heavy atom. The Morgan fingerprint density at radius 1 is 0.385 bits per heavy atom. The molecule has 2 heterocycles. The molecule has 0 spiro atoms. The predicted octanol–water partition coefficient (Wildman–Crippen LogP) is 13.4. The van der Waals surface area contributed by atoms with Crippen LogP contribution in [0, 0.1) is 11.3 Å². The number of benzene rings is 8. The van der Waals surface area contributed by atoms with Gasteiger partial charge in [-0.2, -0.15) is 5.26 Å². The monoisotopic (exact) mass is 697 g/mol. The molecule has 0 atom stereocenters. The third-order valence-electron chi connectivity index (χ3n) is 9.80. The van der Waals surface area contributed by atoms with Crippen LogP contribution < -0.4 is 0 Å². The van der Waals surface area contributed by atoms with Crippen LogP contribution in [0.15, 0.2) is 164 Å². The second-order valence-corrected chi connectivity index (χ2v) is 14.9. The second-order valence-electron chi connectivity index (χ2n) is 12.9. The number of hydrogen-bond donors (Lipinski definition) is 0. The second kappa shape index (κ2) is 12.4. The molecule has 3 nitrogen and oxygen atoms in total. The van der Waals surface area contributed by atoms with E-state index in [2.05, 4.69) is 133 Å². The van der Waals surface area contributed by atoms with Crippen LogP contribution in [0.4, 0.5) is 0 Å². The Bertz CT molecular complexity index is 2790. The molecule has 0 fully saturated rings. The van der Waals surface area contributed by atoms with Crippen molar-refractivity contribution in [2.75, 3.05) is 0 Å². The van der Waals surface area contributed by atoms with Gasteiger partial charge in [0.2, 0.25) is 0 Å². The smallest absolute Gasteiger partial charge is 0.125 e. The van der Waals surface area contributed by atoms with Gasteiger partial charge >= 0.3 is 0 Å². The Morgan fingerprint density at radius 3 is 1.25 bits per heavy atom. The molecule has 5 heteroatoms. The van der Waals surface area contributed by atoms with E-state index in [1.807, 2.05) is 36.4 Å². The van der Waals surface area contributed by atoms with Crippen molar-refractivity contribution >= 4 is 64.7 Å². The normalized spacial score (nSPS) is 11.4. The van der Waals surface area contributed by atoms with E-state index in [0.717, 1.165) is 65.6 Å². The van der Waals surface area contributed by atoms with Crippen molar-refractivity contribution in [1.82, 2.24) is 9.97 Å². The maximum atomic E-state index is 9.52. The van der Waals surface area contributed by atoms with Crippen molar-refractivity contribution in [2.24, 2.45) is 0 Å². The molecule has 0 radical (unpaired) electrons. The van der Waals surface area contributed by atoms with Gasteiger partial charge in [-0.15, -0.1) is 22.7 Å². The van der Waals surface area contributed by atoms with E-state index in [1.165, 1.54) is 30.9 Å². The van der Waals surface area contributed by atoms with Crippen LogP contribution in [0.2, 0.25) is 0 Å². The molecule has 0 aliphatic carbocycles. The first kappa shape index (κ1) is 30.4. The quantitative estimate of drug-likeness (QED) is 0.180. The summed E-state index contributed by atoms with van der Waals surface area (Å²) in [5.41, 5.74) is 11.7. The van der Waals surface area contributed by atoms with E-state index in [0.29, 0.717) is 5.56 Å². The zero-order chi connectivity index (χ0) is 34.6. The van der Waals surface area contributed by atoms with Gasteiger partial charge in [-0.3, -0.25) is 0 Å². The first-order chi connectivity index (χ1) is 25.7. The van der Waals surface area contributed by atoms with Gasteiger partial charge in [-0.05, 0) is 110 Å². The van der Waals surface area contributed by atoms with Gasteiger partial charge < -0.3 is 0 Å². The van der Waals surface area contributed by atoms with E-state index < -0.39 is 0 Å². The van der Waals surface area contributed by atoms with E-state index in [4.69, 9.17) is 9.97 Å². The molecule has 0 unspecified atom stereocenters. The fourth-order valence-corrected chi connectivity index (χ4v) is 9.30. The standard InChI is InChI=1S/C47H27N3S2/c48-28-29-17-19-30(20-18-29)31-25-32(34-21-23-40(38-11-3-1-9-36(34)38)46-49-42-13-5-7-15-44(42)51-46)27-33(26-31)35-22-24-41(39-12-4-2-10-37(35)39)47-50-43-14-6-8-16-45(43)52-47/h1-27H. The molecule has 0 bridgehead atoms. The lowest BCUT2D eigenvalue weighted by atomic mass is 9.88. The minimum atomic E-state index is 0.646. The molecule has 0 N–H and O–H groups in total. The molecule has 0 amide bonds. The Balaban J connectivity index is 1.18. The Kier molecular flexibility index (Phi) is 7.24. The van der Waals surface area contributed by atoms with Gasteiger partial charge in [0, 0.05) is 11.1 Å². The Labute approximate surface area is 308 Å². The lowest BCUT2D eigenvalue weighted by Crippen LogP contribution is -1.90. The van der Waals surface area contributed by atoms with Crippen molar-refractivity contribution in [3.8, 4) is 60.6 Å².